The third-order valence-electron chi connectivity index (χ3n) is 8.71. The highest BCUT2D eigenvalue weighted by Crippen LogP contribution is 2.60. The van der Waals surface area contributed by atoms with Crippen molar-refractivity contribution in [3.05, 3.63) is 156 Å². The highest BCUT2D eigenvalue weighted by molar-refractivity contribution is 8.00. The lowest BCUT2D eigenvalue weighted by Crippen LogP contribution is -2.55. The monoisotopic (exact) mass is 529 g/mol. The van der Waals surface area contributed by atoms with Gasteiger partial charge in [-0.2, -0.15) is 0 Å². The van der Waals surface area contributed by atoms with Crippen LogP contribution in [0.1, 0.15) is 25.0 Å². The number of benzene rings is 5. The van der Waals surface area contributed by atoms with E-state index in [9.17, 15) is 0 Å². The van der Waals surface area contributed by atoms with E-state index in [0.717, 1.165) is 0 Å². The number of rotatable bonds is 3. The Morgan fingerprint density at radius 2 is 1.20 bits per heavy atom. The summed E-state index contributed by atoms with van der Waals surface area (Å²) in [5.74, 6) is 0. The minimum absolute atomic E-state index is 0.188. The first-order valence-electron chi connectivity index (χ1n) is 14.0. The average molecular weight is 530 g/mol. The van der Waals surface area contributed by atoms with Gasteiger partial charge >= 0.3 is 0 Å². The molecule has 0 atom stereocenters. The number of hydrogen-bond donors (Lipinski definition) is 0. The second-order valence-corrected chi connectivity index (χ2v) is 12.4. The minimum Gasteiger partial charge on any atom is -0.311 e. The Bertz CT molecular complexity index is 1840. The zero-order valence-electron chi connectivity index (χ0n) is 22.6. The Morgan fingerprint density at radius 1 is 0.600 bits per heavy atom. The van der Waals surface area contributed by atoms with Gasteiger partial charge in [-0.15, -0.1) is 0 Å². The highest BCUT2D eigenvalue weighted by atomic mass is 32.2. The van der Waals surface area contributed by atoms with Crippen LogP contribution < -0.4 is 15.8 Å². The summed E-state index contributed by atoms with van der Waals surface area (Å²) in [5.41, 5.74) is 13.2. The van der Waals surface area contributed by atoms with Crippen molar-refractivity contribution in [3.63, 3.8) is 0 Å². The Kier molecular flexibility index (Phi) is 5.27. The van der Waals surface area contributed by atoms with Crippen LogP contribution in [-0.2, 0) is 0 Å². The molecular weight excluding hydrogens is 501 g/mol. The molecule has 0 spiro atoms. The van der Waals surface area contributed by atoms with Gasteiger partial charge in [-0.1, -0.05) is 140 Å². The van der Waals surface area contributed by atoms with Crippen LogP contribution in [0.2, 0.25) is 0 Å². The summed E-state index contributed by atoms with van der Waals surface area (Å²) < 4.78 is 0. The van der Waals surface area contributed by atoms with Crippen LogP contribution in [0.5, 0.6) is 0 Å². The van der Waals surface area contributed by atoms with Crippen molar-refractivity contribution < 1.29 is 0 Å². The van der Waals surface area contributed by atoms with E-state index in [1.54, 1.807) is 0 Å². The molecule has 0 amide bonds. The zero-order valence-corrected chi connectivity index (χ0v) is 23.5. The van der Waals surface area contributed by atoms with Crippen molar-refractivity contribution in [2.45, 2.75) is 23.6 Å². The molecule has 40 heavy (non-hydrogen) atoms. The molecule has 0 saturated carbocycles. The molecule has 1 nitrogen and oxygen atoms in total. The number of allylic oxidation sites excluding steroid dienone is 3. The van der Waals surface area contributed by atoms with Crippen molar-refractivity contribution in [1.82, 2.24) is 0 Å². The van der Waals surface area contributed by atoms with E-state index in [4.69, 9.17) is 0 Å². The Hall–Kier alpha value is -4.21. The zero-order chi connectivity index (χ0) is 26.8. The molecule has 3 heteroatoms. The molecule has 5 aromatic rings. The SMILES string of the molecule is CC1(C)C2=C(C(c3ccccc3)=C1c1ccccc1)N(c1ccccc1)c1cccc3c1B2c1ccccc1S3. The molecule has 0 radical (unpaired) electrons. The second kappa shape index (κ2) is 8.91. The molecule has 3 aliphatic rings. The van der Waals surface area contributed by atoms with E-state index in [1.807, 2.05) is 11.8 Å². The average Bonchev–Trinajstić information content (AvgIpc) is 3.25. The maximum Gasteiger partial charge on any atom is 0.246 e. The van der Waals surface area contributed by atoms with Gasteiger partial charge in [-0.3, -0.25) is 0 Å². The summed E-state index contributed by atoms with van der Waals surface area (Å²) in [7, 11) is 0. The van der Waals surface area contributed by atoms with Crippen molar-refractivity contribution in [2.75, 3.05) is 4.90 Å². The van der Waals surface area contributed by atoms with Crippen LogP contribution in [0.15, 0.2) is 154 Å². The van der Waals surface area contributed by atoms with Crippen LogP contribution in [0.25, 0.3) is 11.1 Å². The molecule has 0 unspecified atom stereocenters. The van der Waals surface area contributed by atoms with Crippen LogP contribution in [0.4, 0.5) is 11.4 Å². The molecule has 190 valence electrons. The van der Waals surface area contributed by atoms with Crippen LogP contribution in [0, 0.1) is 5.41 Å². The summed E-state index contributed by atoms with van der Waals surface area (Å²) in [6.45, 7) is 5.08. The smallest absolute Gasteiger partial charge is 0.246 e. The van der Waals surface area contributed by atoms with Gasteiger partial charge in [0.2, 0.25) is 6.71 Å². The van der Waals surface area contributed by atoms with Gasteiger partial charge in [-0.05, 0) is 52.5 Å². The predicted octanol–water partition coefficient (Wildman–Crippen LogP) is 8.36. The summed E-state index contributed by atoms with van der Waals surface area (Å²) in [5, 5.41) is 0. The van der Waals surface area contributed by atoms with Crippen molar-refractivity contribution >= 4 is 51.9 Å². The Morgan fingerprint density at radius 3 is 1.93 bits per heavy atom. The van der Waals surface area contributed by atoms with E-state index >= 15 is 0 Å². The number of fused-ring (bicyclic) bond motifs is 3. The predicted molar refractivity (Wildman–Crippen MR) is 171 cm³/mol. The molecular formula is C37H28BNS. The van der Waals surface area contributed by atoms with E-state index < -0.39 is 0 Å². The summed E-state index contributed by atoms with van der Waals surface area (Å²) in [4.78, 5) is 5.28. The lowest BCUT2D eigenvalue weighted by molar-refractivity contribution is 0.637. The van der Waals surface area contributed by atoms with E-state index in [0.29, 0.717) is 0 Å². The summed E-state index contributed by atoms with van der Waals surface area (Å²) >= 11 is 1.91. The van der Waals surface area contributed by atoms with Crippen LogP contribution in [-0.4, -0.2) is 6.71 Å². The van der Waals surface area contributed by atoms with Gasteiger partial charge < -0.3 is 4.90 Å². The fraction of sp³-hybridized carbons (Fsp3) is 0.0811. The van der Waals surface area contributed by atoms with Crippen LogP contribution >= 0.6 is 11.8 Å². The minimum atomic E-state index is -0.209. The van der Waals surface area contributed by atoms with Crippen molar-refractivity contribution in [1.29, 1.82) is 0 Å². The largest absolute Gasteiger partial charge is 0.311 e. The first kappa shape index (κ1) is 23.7. The molecule has 1 aliphatic carbocycles. The lowest BCUT2D eigenvalue weighted by atomic mass is 9.31. The molecule has 0 saturated heterocycles. The maximum absolute atomic E-state index is 2.55. The molecule has 0 aromatic heterocycles. The normalized spacial score (nSPS) is 16.6. The molecule has 0 fully saturated rings. The Labute approximate surface area is 241 Å². The first-order valence-corrected chi connectivity index (χ1v) is 14.8. The standard InChI is InChI=1S/C37H28BNS/c1-37(2)33(26-17-8-4-9-18-26)32(25-15-6-3-7-16-25)35-36(37)38-28-21-12-13-23-30(28)40-31-24-14-22-29(34(31)38)39(35)27-19-10-5-11-20-27/h3-24H,1-2H3. The molecule has 0 N–H and O–H groups in total. The Balaban J connectivity index is 1.54. The molecule has 2 aliphatic heterocycles. The molecule has 8 rings (SSSR count). The van der Waals surface area contributed by atoms with Gasteiger partial charge in [0.1, 0.15) is 0 Å². The van der Waals surface area contributed by atoms with Gasteiger partial charge in [-0.25, -0.2) is 0 Å². The van der Waals surface area contributed by atoms with Gasteiger partial charge in [0.05, 0.1) is 0 Å². The van der Waals surface area contributed by atoms with E-state index in [2.05, 4.69) is 152 Å². The third-order valence-corrected chi connectivity index (χ3v) is 9.88. The molecule has 2 heterocycles. The van der Waals surface area contributed by atoms with Gasteiger partial charge in [0, 0.05) is 37.9 Å². The van der Waals surface area contributed by atoms with Crippen LogP contribution in [0.3, 0.4) is 0 Å². The van der Waals surface area contributed by atoms with Gasteiger partial charge in [0.25, 0.3) is 0 Å². The molecule has 5 aromatic carbocycles. The lowest BCUT2D eigenvalue weighted by Gasteiger charge is -2.43. The maximum atomic E-state index is 2.55. The first-order chi connectivity index (χ1) is 19.6. The van der Waals surface area contributed by atoms with Gasteiger partial charge in [0.15, 0.2) is 0 Å². The summed E-state index contributed by atoms with van der Waals surface area (Å²) in [6.07, 6.45) is 0. The number of nitrogens with zero attached hydrogens (tertiary/aromatic N) is 1. The van der Waals surface area contributed by atoms with Crippen molar-refractivity contribution in [3.8, 4) is 0 Å². The molecule has 0 bridgehead atoms. The topological polar surface area (TPSA) is 3.24 Å². The fourth-order valence-corrected chi connectivity index (χ4v) is 8.35. The number of hydrogen-bond acceptors (Lipinski definition) is 2. The van der Waals surface area contributed by atoms with E-state index in [-0.39, 0.29) is 12.1 Å². The number of anilines is 2. The van der Waals surface area contributed by atoms with Crippen molar-refractivity contribution in [2.24, 2.45) is 5.41 Å². The quantitative estimate of drug-likeness (QED) is 0.216. The highest BCUT2D eigenvalue weighted by Gasteiger charge is 2.53. The fourth-order valence-electron chi connectivity index (χ4n) is 7.18. The van der Waals surface area contributed by atoms with E-state index in [1.165, 1.54) is 65.5 Å². The summed E-state index contributed by atoms with van der Waals surface area (Å²) in [6, 6.07) is 48.9. The second-order valence-electron chi connectivity index (χ2n) is 11.3. The number of para-hydroxylation sites is 1. The third kappa shape index (κ3) is 3.31.